The molecule has 1 aliphatic rings. The molecule has 0 spiro atoms. The van der Waals surface area contributed by atoms with Crippen molar-refractivity contribution >= 4 is 11.3 Å². The number of thiazole rings is 1. The van der Waals surface area contributed by atoms with Crippen molar-refractivity contribution in [2.45, 2.75) is 51.5 Å². The molecule has 1 saturated heterocycles. The maximum atomic E-state index is 12.7. The lowest BCUT2D eigenvalue weighted by Crippen LogP contribution is -2.45. The molecule has 0 aliphatic carbocycles. The monoisotopic (exact) mass is 397 g/mol. The summed E-state index contributed by atoms with van der Waals surface area (Å²) in [4.78, 5) is 9.50. The topological polar surface area (TPSA) is 19.4 Å². The van der Waals surface area contributed by atoms with E-state index in [1.165, 1.54) is 23.5 Å². The average molecular weight is 398 g/mol. The highest BCUT2D eigenvalue weighted by Crippen LogP contribution is 2.32. The number of benzene rings is 1. The molecule has 0 amide bonds. The van der Waals surface area contributed by atoms with Gasteiger partial charge in [-0.2, -0.15) is 13.2 Å². The molecule has 0 saturated carbocycles. The van der Waals surface area contributed by atoms with Gasteiger partial charge < -0.3 is 4.90 Å². The first kappa shape index (κ1) is 20.3. The number of halogens is 3. The highest BCUT2D eigenvalue weighted by atomic mass is 32.1. The van der Waals surface area contributed by atoms with Crippen molar-refractivity contribution in [2.75, 3.05) is 20.1 Å². The van der Waals surface area contributed by atoms with Gasteiger partial charge in [0.15, 0.2) is 0 Å². The van der Waals surface area contributed by atoms with E-state index in [-0.39, 0.29) is 0 Å². The fraction of sp³-hybridized carbons (Fsp3) is 0.550. The Morgan fingerprint density at radius 2 is 1.81 bits per heavy atom. The third-order valence-electron chi connectivity index (χ3n) is 5.28. The minimum absolute atomic E-state index is 0.552. The molecular weight excluding hydrogens is 371 g/mol. The summed E-state index contributed by atoms with van der Waals surface area (Å²) in [7, 11) is 2.13. The van der Waals surface area contributed by atoms with Crippen LogP contribution in [-0.2, 0) is 12.7 Å². The Morgan fingerprint density at radius 1 is 1.19 bits per heavy atom. The van der Waals surface area contributed by atoms with Gasteiger partial charge in [-0.3, -0.25) is 4.90 Å². The first-order chi connectivity index (χ1) is 12.7. The minimum atomic E-state index is -4.31. The van der Waals surface area contributed by atoms with E-state index in [1.54, 1.807) is 0 Å². The van der Waals surface area contributed by atoms with Crippen LogP contribution in [0, 0.1) is 0 Å². The van der Waals surface area contributed by atoms with Crippen molar-refractivity contribution in [3.63, 3.8) is 0 Å². The maximum absolute atomic E-state index is 12.7. The standard InChI is InChI=1S/C20H26F3N3S/c1-14(2)26-10-8-18(9-11-26)25(3)12-17-13-27-19(24-17)15-4-6-16(7-5-15)20(21,22)23/h4-7,13-14,18H,8-12H2,1-3H3. The van der Waals surface area contributed by atoms with E-state index in [2.05, 4.69) is 35.7 Å². The zero-order chi connectivity index (χ0) is 19.6. The van der Waals surface area contributed by atoms with Gasteiger partial charge in [0.1, 0.15) is 5.01 Å². The molecule has 0 atom stereocenters. The van der Waals surface area contributed by atoms with Crippen LogP contribution in [0.1, 0.15) is 37.9 Å². The number of hydrogen-bond donors (Lipinski definition) is 0. The molecule has 0 bridgehead atoms. The largest absolute Gasteiger partial charge is 0.416 e. The van der Waals surface area contributed by atoms with Crippen LogP contribution < -0.4 is 0 Å². The molecule has 1 fully saturated rings. The summed E-state index contributed by atoms with van der Waals surface area (Å²) >= 11 is 1.48. The van der Waals surface area contributed by atoms with Crippen molar-refractivity contribution in [1.82, 2.24) is 14.8 Å². The van der Waals surface area contributed by atoms with Crippen LogP contribution in [0.15, 0.2) is 29.6 Å². The van der Waals surface area contributed by atoms with Gasteiger partial charge in [0.05, 0.1) is 11.3 Å². The number of likely N-dealkylation sites (tertiary alicyclic amines) is 1. The predicted octanol–water partition coefficient (Wildman–Crippen LogP) is 5.13. The van der Waals surface area contributed by atoms with Gasteiger partial charge in [-0.15, -0.1) is 11.3 Å². The fourth-order valence-electron chi connectivity index (χ4n) is 3.54. The van der Waals surface area contributed by atoms with Crippen LogP contribution in [0.5, 0.6) is 0 Å². The molecule has 148 valence electrons. The number of aromatic nitrogens is 1. The number of hydrogen-bond acceptors (Lipinski definition) is 4. The van der Waals surface area contributed by atoms with Crippen molar-refractivity contribution in [3.05, 3.63) is 40.9 Å². The lowest BCUT2D eigenvalue weighted by Gasteiger charge is -2.38. The summed E-state index contributed by atoms with van der Waals surface area (Å²) in [5, 5.41) is 2.77. The third-order valence-corrected chi connectivity index (χ3v) is 6.22. The van der Waals surface area contributed by atoms with E-state index < -0.39 is 11.7 Å². The normalized spacial score (nSPS) is 17.2. The van der Waals surface area contributed by atoms with E-state index in [0.29, 0.717) is 12.1 Å². The van der Waals surface area contributed by atoms with Gasteiger partial charge in [-0.25, -0.2) is 4.98 Å². The maximum Gasteiger partial charge on any atom is 0.416 e. The highest BCUT2D eigenvalue weighted by Gasteiger charge is 2.30. The van der Waals surface area contributed by atoms with Crippen LogP contribution in [0.25, 0.3) is 10.6 Å². The molecule has 2 heterocycles. The molecule has 0 N–H and O–H groups in total. The van der Waals surface area contributed by atoms with Gasteiger partial charge >= 0.3 is 6.18 Å². The minimum Gasteiger partial charge on any atom is -0.301 e. The van der Waals surface area contributed by atoms with Crippen LogP contribution in [0.2, 0.25) is 0 Å². The molecule has 2 aromatic rings. The zero-order valence-electron chi connectivity index (χ0n) is 16.0. The van der Waals surface area contributed by atoms with Crippen molar-refractivity contribution in [3.8, 4) is 10.6 Å². The second-order valence-electron chi connectivity index (χ2n) is 7.50. The predicted molar refractivity (Wildman–Crippen MR) is 104 cm³/mol. The Bertz CT molecular complexity index is 732. The summed E-state index contributed by atoms with van der Waals surface area (Å²) in [5.74, 6) is 0. The van der Waals surface area contributed by atoms with E-state index in [9.17, 15) is 13.2 Å². The van der Waals surface area contributed by atoms with E-state index in [1.807, 2.05) is 5.38 Å². The first-order valence-electron chi connectivity index (χ1n) is 9.30. The van der Waals surface area contributed by atoms with Crippen molar-refractivity contribution in [2.24, 2.45) is 0 Å². The van der Waals surface area contributed by atoms with Gasteiger partial charge in [-0.05, 0) is 59.0 Å². The molecule has 0 unspecified atom stereocenters. The van der Waals surface area contributed by atoms with E-state index >= 15 is 0 Å². The Morgan fingerprint density at radius 3 is 2.37 bits per heavy atom. The summed E-state index contributed by atoms with van der Waals surface area (Å²) in [5.41, 5.74) is 1.08. The quantitative estimate of drug-likeness (QED) is 0.697. The smallest absolute Gasteiger partial charge is 0.301 e. The molecule has 7 heteroatoms. The van der Waals surface area contributed by atoms with Crippen LogP contribution in [-0.4, -0.2) is 47.0 Å². The summed E-state index contributed by atoms with van der Waals surface area (Å²) < 4.78 is 38.1. The molecule has 3 nitrogen and oxygen atoms in total. The second kappa shape index (κ2) is 8.29. The number of piperidine rings is 1. The van der Waals surface area contributed by atoms with Gasteiger partial charge in [0.2, 0.25) is 0 Å². The molecular formula is C20H26F3N3S. The van der Waals surface area contributed by atoms with Gasteiger partial charge in [0.25, 0.3) is 0 Å². The average Bonchev–Trinajstić information content (AvgIpc) is 3.09. The fourth-order valence-corrected chi connectivity index (χ4v) is 4.36. The van der Waals surface area contributed by atoms with Gasteiger partial charge in [-0.1, -0.05) is 12.1 Å². The Hall–Kier alpha value is -1.44. The lowest BCUT2D eigenvalue weighted by atomic mass is 10.0. The zero-order valence-corrected chi connectivity index (χ0v) is 16.8. The highest BCUT2D eigenvalue weighted by molar-refractivity contribution is 7.13. The lowest BCUT2D eigenvalue weighted by molar-refractivity contribution is -0.137. The summed E-state index contributed by atoms with van der Waals surface area (Å²) in [6.07, 6.45) is -1.99. The van der Waals surface area contributed by atoms with Gasteiger partial charge in [0, 0.05) is 29.6 Å². The van der Waals surface area contributed by atoms with E-state index in [0.717, 1.165) is 60.9 Å². The molecule has 0 radical (unpaired) electrons. The number of nitrogens with zero attached hydrogens (tertiary/aromatic N) is 3. The summed E-state index contributed by atoms with van der Waals surface area (Å²) in [6, 6.07) is 6.38. The Balaban J connectivity index is 1.59. The van der Waals surface area contributed by atoms with Crippen LogP contribution in [0.3, 0.4) is 0 Å². The molecule has 3 rings (SSSR count). The molecule has 1 aromatic carbocycles. The Labute approximate surface area is 162 Å². The summed E-state index contributed by atoms with van der Waals surface area (Å²) in [6.45, 7) is 7.49. The van der Waals surface area contributed by atoms with Crippen molar-refractivity contribution in [1.29, 1.82) is 0 Å². The van der Waals surface area contributed by atoms with Crippen LogP contribution >= 0.6 is 11.3 Å². The molecule has 27 heavy (non-hydrogen) atoms. The first-order valence-corrected chi connectivity index (χ1v) is 10.2. The number of alkyl halides is 3. The SMILES string of the molecule is CC(C)N1CCC(N(C)Cc2csc(-c3ccc(C(F)(F)F)cc3)n2)CC1. The molecule has 1 aromatic heterocycles. The second-order valence-corrected chi connectivity index (χ2v) is 8.35. The van der Waals surface area contributed by atoms with Crippen LogP contribution in [0.4, 0.5) is 13.2 Å². The Kier molecular flexibility index (Phi) is 6.23. The molecule has 1 aliphatic heterocycles. The van der Waals surface area contributed by atoms with E-state index in [4.69, 9.17) is 0 Å². The third kappa shape index (κ3) is 5.09. The number of rotatable bonds is 5. The van der Waals surface area contributed by atoms with Crippen molar-refractivity contribution < 1.29 is 13.2 Å².